The average molecular weight is 472 g/mol. The summed E-state index contributed by atoms with van der Waals surface area (Å²) in [5.74, 6) is 0.773. The molecule has 2 aromatic rings. The first kappa shape index (κ1) is 21.4. The summed E-state index contributed by atoms with van der Waals surface area (Å²) >= 11 is 2.40. The topological polar surface area (TPSA) is 80.1 Å². The maximum Gasteiger partial charge on any atom is 0.140 e. The molecule has 28 heavy (non-hydrogen) atoms. The van der Waals surface area contributed by atoms with Crippen molar-refractivity contribution in [3.63, 3.8) is 0 Å². The minimum Gasteiger partial charge on any atom is -0.578 e. The monoisotopic (exact) mass is 471 g/mol. The molecule has 0 bridgehead atoms. The number of benzene rings is 1. The Hall–Kier alpha value is -1.30. The van der Waals surface area contributed by atoms with Crippen molar-refractivity contribution in [3.8, 4) is 5.75 Å². The molecule has 8 nitrogen and oxygen atoms in total. The van der Waals surface area contributed by atoms with Gasteiger partial charge in [0.2, 0.25) is 0 Å². The number of aromatic nitrogens is 2. The van der Waals surface area contributed by atoms with Gasteiger partial charge in [-0.1, -0.05) is 0 Å². The molecule has 1 aromatic carbocycles. The van der Waals surface area contributed by atoms with Crippen molar-refractivity contribution < 1.29 is 14.4 Å². The summed E-state index contributed by atoms with van der Waals surface area (Å²) in [5.41, 5.74) is 2.61. The molecule has 2 heterocycles. The molecule has 3 rings (SSSR count). The van der Waals surface area contributed by atoms with Gasteiger partial charge >= 0.3 is 0 Å². The second kappa shape index (κ2) is 9.47. The number of hydrogen-bond donors (Lipinski definition) is 1. The molecule has 1 unspecified atom stereocenters. The number of piperazine rings is 1. The maximum atomic E-state index is 12.1. The second-order valence-corrected chi connectivity index (χ2v) is 9.23. The van der Waals surface area contributed by atoms with Crippen molar-refractivity contribution >= 4 is 33.2 Å². The Morgan fingerprint density at radius 3 is 2.39 bits per heavy atom. The molecule has 1 fully saturated rings. The Labute approximate surface area is 177 Å². The van der Waals surface area contributed by atoms with Gasteiger partial charge in [-0.2, -0.15) is 5.10 Å². The molecule has 0 aliphatic carbocycles. The zero-order valence-electron chi connectivity index (χ0n) is 16.3. The van der Waals surface area contributed by atoms with E-state index in [1.165, 1.54) is 0 Å². The standard InChI is InChI=1S/C18H26BrN5O3S/c1-21(2)28(26)24-10-8-23(9-11-24)14-4-6-15(7-5-14)27-13-17-18(19)16(12-25)20-22(17)3/h4-7,25H,8-13H2,1-3H3. The normalized spacial score (nSPS) is 16.6. The summed E-state index contributed by atoms with van der Waals surface area (Å²) in [6.07, 6.45) is 0. The summed E-state index contributed by atoms with van der Waals surface area (Å²) < 4.78 is 24.2. The number of nitrogens with zero attached hydrogens (tertiary/aromatic N) is 5. The highest BCUT2D eigenvalue weighted by Crippen LogP contribution is 2.25. The number of aliphatic hydroxyl groups excluding tert-OH is 1. The van der Waals surface area contributed by atoms with Crippen LogP contribution in [0.2, 0.25) is 0 Å². The molecule has 1 atom stereocenters. The van der Waals surface area contributed by atoms with Crippen LogP contribution in [0.15, 0.2) is 28.7 Å². The number of ether oxygens (including phenoxy) is 1. The number of halogens is 1. The van der Waals surface area contributed by atoms with Crippen molar-refractivity contribution in [2.45, 2.75) is 13.2 Å². The van der Waals surface area contributed by atoms with Crippen LogP contribution in [0.1, 0.15) is 11.4 Å². The summed E-state index contributed by atoms with van der Waals surface area (Å²) in [6.45, 7) is 3.46. The van der Waals surface area contributed by atoms with Crippen LogP contribution in [0, 0.1) is 0 Å². The van der Waals surface area contributed by atoms with Crippen molar-refractivity contribution in [1.82, 2.24) is 18.4 Å². The second-order valence-electron chi connectivity index (χ2n) is 6.73. The Bertz CT molecular complexity index is 778. The van der Waals surface area contributed by atoms with Gasteiger partial charge in [0.25, 0.3) is 0 Å². The van der Waals surface area contributed by atoms with E-state index >= 15 is 0 Å². The number of anilines is 1. The van der Waals surface area contributed by atoms with E-state index in [9.17, 15) is 9.66 Å². The van der Waals surface area contributed by atoms with E-state index in [0.29, 0.717) is 12.3 Å². The molecule has 154 valence electrons. The van der Waals surface area contributed by atoms with Crippen LogP contribution in [0.3, 0.4) is 0 Å². The Morgan fingerprint density at radius 1 is 1.21 bits per heavy atom. The molecule has 0 radical (unpaired) electrons. The number of hydrogen-bond acceptors (Lipinski definition) is 7. The molecular formula is C18H26BrN5O3S. The molecule has 1 saturated heterocycles. The summed E-state index contributed by atoms with van der Waals surface area (Å²) in [5, 5.41) is 13.5. The third-order valence-electron chi connectivity index (χ3n) is 4.67. The first-order valence-electron chi connectivity index (χ1n) is 9.04. The first-order valence-corrected chi connectivity index (χ1v) is 10.9. The van der Waals surface area contributed by atoms with Crippen molar-refractivity contribution in [3.05, 3.63) is 40.1 Å². The highest BCUT2D eigenvalue weighted by molar-refractivity contribution is 9.10. The van der Waals surface area contributed by atoms with Gasteiger partial charge in [0, 0.05) is 39.9 Å². The predicted molar refractivity (Wildman–Crippen MR) is 113 cm³/mol. The zero-order valence-corrected chi connectivity index (χ0v) is 18.7. The van der Waals surface area contributed by atoms with Gasteiger partial charge in [-0.3, -0.25) is 4.68 Å². The van der Waals surface area contributed by atoms with Gasteiger partial charge in [0.05, 0.1) is 29.9 Å². The number of rotatable bonds is 7. The van der Waals surface area contributed by atoms with Crippen molar-refractivity contribution in [2.75, 3.05) is 45.2 Å². The van der Waals surface area contributed by atoms with Crippen LogP contribution < -0.4 is 9.64 Å². The smallest absolute Gasteiger partial charge is 0.140 e. The van der Waals surface area contributed by atoms with Gasteiger partial charge in [0.15, 0.2) is 0 Å². The first-order chi connectivity index (χ1) is 13.4. The van der Waals surface area contributed by atoms with E-state index in [2.05, 4.69) is 25.9 Å². The SMILES string of the molecule is CN(C)[S+]([O-])N1CCN(c2ccc(OCc3c(Br)c(CO)nn3C)cc2)CC1. The lowest BCUT2D eigenvalue weighted by Gasteiger charge is -2.36. The van der Waals surface area contributed by atoms with E-state index in [1.807, 2.05) is 49.7 Å². The summed E-state index contributed by atoms with van der Waals surface area (Å²) in [4.78, 5) is 2.29. The van der Waals surface area contributed by atoms with Crippen LogP contribution in [-0.4, -0.2) is 68.3 Å². The van der Waals surface area contributed by atoms with Crippen LogP contribution in [0.25, 0.3) is 0 Å². The number of aryl methyl sites for hydroxylation is 1. The zero-order chi connectivity index (χ0) is 20.3. The van der Waals surface area contributed by atoms with Crippen molar-refractivity contribution in [2.24, 2.45) is 7.05 Å². The predicted octanol–water partition coefficient (Wildman–Crippen LogP) is 1.52. The van der Waals surface area contributed by atoms with Gasteiger partial charge in [-0.15, -0.1) is 8.61 Å². The summed E-state index contributed by atoms with van der Waals surface area (Å²) in [7, 11) is 5.49. The Kier molecular flexibility index (Phi) is 7.24. The van der Waals surface area contributed by atoms with E-state index in [-0.39, 0.29) is 6.61 Å². The number of aliphatic hydroxyl groups is 1. The molecule has 0 amide bonds. The van der Waals surface area contributed by atoms with Gasteiger partial charge in [-0.05, 0) is 40.2 Å². The molecule has 1 aromatic heterocycles. The minimum atomic E-state index is -1.06. The lowest BCUT2D eigenvalue weighted by Crippen LogP contribution is -2.51. The van der Waals surface area contributed by atoms with E-state index in [4.69, 9.17) is 4.74 Å². The van der Waals surface area contributed by atoms with Gasteiger partial charge in [0.1, 0.15) is 29.6 Å². The Balaban J connectivity index is 1.55. The molecule has 1 aliphatic heterocycles. The minimum absolute atomic E-state index is 0.113. The van der Waals surface area contributed by atoms with E-state index in [0.717, 1.165) is 47.8 Å². The fraction of sp³-hybridized carbons (Fsp3) is 0.500. The van der Waals surface area contributed by atoms with E-state index < -0.39 is 11.5 Å². The average Bonchev–Trinajstić information content (AvgIpc) is 2.99. The van der Waals surface area contributed by atoms with Crippen molar-refractivity contribution in [1.29, 1.82) is 0 Å². The third kappa shape index (κ3) is 4.81. The highest BCUT2D eigenvalue weighted by atomic mass is 79.9. The van der Waals surface area contributed by atoms with E-state index in [1.54, 1.807) is 8.99 Å². The van der Waals surface area contributed by atoms with Crippen LogP contribution in [0.4, 0.5) is 5.69 Å². The summed E-state index contributed by atoms with van der Waals surface area (Å²) in [6, 6.07) is 8.00. The fourth-order valence-corrected chi connectivity index (χ4v) is 4.60. The van der Waals surface area contributed by atoms with Gasteiger partial charge < -0.3 is 19.3 Å². The lowest BCUT2D eigenvalue weighted by molar-refractivity contribution is 0.275. The fourth-order valence-electron chi connectivity index (χ4n) is 3.09. The largest absolute Gasteiger partial charge is 0.578 e. The molecule has 10 heteroatoms. The highest BCUT2D eigenvalue weighted by Gasteiger charge is 2.27. The molecule has 0 saturated carbocycles. The lowest BCUT2D eigenvalue weighted by atomic mass is 10.2. The maximum absolute atomic E-state index is 12.1. The molecule has 0 spiro atoms. The quantitative estimate of drug-likeness (QED) is 0.613. The molecule has 1 N–H and O–H groups in total. The molecule has 1 aliphatic rings. The molecular weight excluding hydrogens is 446 g/mol. The Morgan fingerprint density at radius 2 is 1.86 bits per heavy atom. The van der Waals surface area contributed by atoms with Crippen LogP contribution in [-0.2, 0) is 31.8 Å². The van der Waals surface area contributed by atoms with Crippen LogP contribution >= 0.6 is 15.9 Å². The van der Waals surface area contributed by atoms with Gasteiger partial charge in [-0.25, -0.2) is 0 Å². The third-order valence-corrected chi connectivity index (χ3v) is 7.01. The van der Waals surface area contributed by atoms with Crippen LogP contribution in [0.5, 0.6) is 5.75 Å².